The first kappa shape index (κ1) is 16.5. The van der Waals surface area contributed by atoms with E-state index in [0.717, 1.165) is 12.8 Å². The van der Waals surface area contributed by atoms with Gasteiger partial charge in [-0.3, -0.25) is 0 Å². The van der Waals surface area contributed by atoms with E-state index in [2.05, 4.69) is 80.6 Å². The first-order valence-electron chi connectivity index (χ1n) is 8.77. The molecule has 0 unspecified atom stereocenters. The first-order valence-corrected chi connectivity index (χ1v) is 8.77. The molecule has 122 valence electrons. The lowest BCUT2D eigenvalue weighted by Crippen LogP contribution is -2.02. The fourth-order valence-corrected chi connectivity index (χ4v) is 3.38. The molecule has 0 fully saturated rings. The summed E-state index contributed by atoms with van der Waals surface area (Å²) in [7, 11) is 0. The number of hydrogen-bond acceptors (Lipinski definition) is 1. The summed E-state index contributed by atoms with van der Waals surface area (Å²) in [6.45, 7) is 5.04. The molecule has 0 spiro atoms. The molecule has 0 amide bonds. The fourth-order valence-electron chi connectivity index (χ4n) is 3.38. The van der Waals surface area contributed by atoms with E-state index >= 15 is 0 Å². The van der Waals surface area contributed by atoms with Crippen molar-refractivity contribution >= 4 is 0 Å². The van der Waals surface area contributed by atoms with Crippen molar-refractivity contribution < 1.29 is 0 Å². The molecule has 1 nitrogen and oxygen atoms in total. The lowest BCUT2D eigenvalue weighted by molar-refractivity contribution is 1.00. The van der Waals surface area contributed by atoms with Crippen LogP contribution in [-0.4, -0.2) is 0 Å². The molecule has 0 aliphatic carbocycles. The van der Waals surface area contributed by atoms with Gasteiger partial charge in [-0.1, -0.05) is 74.5 Å². The van der Waals surface area contributed by atoms with Crippen molar-refractivity contribution in [1.29, 1.82) is 0 Å². The molecule has 0 aliphatic heterocycles. The Balaban J connectivity index is 2.05. The quantitative estimate of drug-likeness (QED) is 0.651. The minimum atomic E-state index is 0.589. The van der Waals surface area contributed by atoms with Crippen LogP contribution in [0.2, 0.25) is 0 Å². The Hall–Kier alpha value is -2.38. The lowest BCUT2D eigenvalue weighted by atomic mass is 9.89. The van der Waals surface area contributed by atoms with E-state index in [1.54, 1.807) is 0 Å². The lowest BCUT2D eigenvalue weighted by Gasteiger charge is -2.16. The molecule has 24 heavy (non-hydrogen) atoms. The number of nitrogens with two attached hydrogens (primary N) is 1. The highest BCUT2D eigenvalue weighted by Gasteiger charge is 2.10. The number of benzene rings is 3. The van der Waals surface area contributed by atoms with Crippen LogP contribution in [0, 0.1) is 0 Å². The van der Waals surface area contributed by atoms with Gasteiger partial charge in [0.05, 0.1) is 0 Å². The van der Waals surface area contributed by atoms with E-state index in [1.807, 2.05) is 0 Å². The van der Waals surface area contributed by atoms with Crippen molar-refractivity contribution in [3.8, 4) is 22.3 Å². The third kappa shape index (κ3) is 3.27. The average molecular weight is 315 g/mol. The molecule has 3 aromatic carbocycles. The van der Waals surface area contributed by atoms with Gasteiger partial charge in [-0.05, 0) is 57.9 Å². The highest BCUT2D eigenvalue weighted by molar-refractivity contribution is 5.73. The Morgan fingerprint density at radius 2 is 1.33 bits per heavy atom. The van der Waals surface area contributed by atoms with E-state index in [9.17, 15) is 0 Å². The Labute approximate surface area is 145 Å². The van der Waals surface area contributed by atoms with Gasteiger partial charge in [0, 0.05) is 6.54 Å². The predicted octanol–water partition coefficient (Wildman–Crippen LogP) is 5.60. The molecule has 3 aromatic rings. The van der Waals surface area contributed by atoms with Gasteiger partial charge in [0.15, 0.2) is 0 Å². The summed E-state index contributed by atoms with van der Waals surface area (Å²) in [6, 6.07) is 23.9. The van der Waals surface area contributed by atoms with Gasteiger partial charge < -0.3 is 5.73 Å². The molecule has 0 bridgehead atoms. The van der Waals surface area contributed by atoms with Crippen molar-refractivity contribution in [3.05, 3.63) is 83.4 Å². The van der Waals surface area contributed by atoms with Crippen LogP contribution < -0.4 is 5.73 Å². The van der Waals surface area contributed by atoms with E-state index in [1.165, 1.54) is 38.9 Å². The molecular formula is C23H25N. The van der Waals surface area contributed by atoms with Crippen LogP contribution in [-0.2, 0) is 19.4 Å². The molecule has 0 aliphatic rings. The summed E-state index contributed by atoms with van der Waals surface area (Å²) >= 11 is 0. The molecule has 0 saturated heterocycles. The van der Waals surface area contributed by atoms with Crippen LogP contribution in [0.1, 0.15) is 30.5 Å². The first-order chi connectivity index (χ1) is 11.8. The Kier molecular flexibility index (Phi) is 5.12. The van der Waals surface area contributed by atoms with Crippen LogP contribution in [0.4, 0.5) is 0 Å². The van der Waals surface area contributed by atoms with Crippen molar-refractivity contribution in [2.75, 3.05) is 0 Å². The van der Waals surface area contributed by atoms with E-state index in [0.29, 0.717) is 6.54 Å². The fraction of sp³-hybridized carbons (Fsp3) is 0.217. The van der Waals surface area contributed by atoms with Gasteiger partial charge in [0.2, 0.25) is 0 Å². The van der Waals surface area contributed by atoms with Crippen LogP contribution in [0.5, 0.6) is 0 Å². The van der Waals surface area contributed by atoms with Crippen LogP contribution in [0.3, 0.4) is 0 Å². The van der Waals surface area contributed by atoms with Crippen molar-refractivity contribution in [2.24, 2.45) is 5.73 Å². The second kappa shape index (κ2) is 7.46. The summed E-state index contributed by atoms with van der Waals surface area (Å²) in [5.74, 6) is 0. The Morgan fingerprint density at radius 1 is 0.708 bits per heavy atom. The summed E-state index contributed by atoms with van der Waals surface area (Å²) in [4.78, 5) is 0. The van der Waals surface area contributed by atoms with Gasteiger partial charge in [-0.25, -0.2) is 0 Å². The third-order valence-electron chi connectivity index (χ3n) is 4.68. The topological polar surface area (TPSA) is 26.0 Å². The zero-order chi connectivity index (χ0) is 16.9. The van der Waals surface area contributed by atoms with E-state index < -0.39 is 0 Å². The number of hydrogen-bond donors (Lipinski definition) is 1. The maximum Gasteiger partial charge on any atom is 0.0178 e. The minimum absolute atomic E-state index is 0.589. The SMILES string of the molecule is CCc1cc(CN)cc(-c2ccc(-c3ccccc3)cc2)c1CC. The van der Waals surface area contributed by atoms with Crippen LogP contribution >= 0.6 is 0 Å². The maximum absolute atomic E-state index is 5.91. The summed E-state index contributed by atoms with van der Waals surface area (Å²) in [5.41, 5.74) is 15.1. The highest BCUT2D eigenvalue weighted by Crippen LogP contribution is 2.31. The zero-order valence-corrected chi connectivity index (χ0v) is 14.5. The largest absolute Gasteiger partial charge is 0.326 e. The molecule has 3 rings (SSSR count). The predicted molar refractivity (Wildman–Crippen MR) is 104 cm³/mol. The molecule has 0 aromatic heterocycles. The monoisotopic (exact) mass is 315 g/mol. The maximum atomic E-state index is 5.91. The van der Waals surface area contributed by atoms with Crippen molar-refractivity contribution in [1.82, 2.24) is 0 Å². The zero-order valence-electron chi connectivity index (χ0n) is 14.5. The number of aryl methyl sites for hydroxylation is 1. The Bertz CT molecular complexity index is 801. The van der Waals surface area contributed by atoms with Gasteiger partial charge >= 0.3 is 0 Å². The molecule has 1 heteroatoms. The molecule has 0 heterocycles. The van der Waals surface area contributed by atoms with Gasteiger partial charge in [-0.15, -0.1) is 0 Å². The second-order valence-electron chi connectivity index (χ2n) is 6.14. The van der Waals surface area contributed by atoms with Crippen molar-refractivity contribution in [3.63, 3.8) is 0 Å². The van der Waals surface area contributed by atoms with Crippen LogP contribution in [0.15, 0.2) is 66.7 Å². The molecular weight excluding hydrogens is 290 g/mol. The molecule has 0 radical (unpaired) electrons. The minimum Gasteiger partial charge on any atom is -0.326 e. The molecule has 2 N–H and O–H groups in total. The Morgan fingerprint density at radius 3 is 1.92 bits per heavy atom. The summed E-state index contributed by atoms with van der Waals surface area (Å²) in [5, 5.41) is 0. The second-order valence-corrected chi connectivity index (χ2v) is 6.14. The molecule has 0 atom stereocenters. The van der Waals surface area contributed by atoms with E-state index in [4.69, 9.17) is 5.73 Å². The van der Waals surface area contributed by atoms with Gasteiger partial charge in [-0.2, -0.15) is 0 Å². The summed E-state index contributed by atoms with van der Waals surface area (Å²) in [6.07, 6.45) is 2.09. The smallest absolute Gasteiger partial charge is 0.0178 e. The van der Waals surface area contributed by atoms with Crippen molar-refractivity contribution in [2.45, 2.75) is 33.2 Å². The highest BCUT2D eigenvalue weighted by atomic mass is 14.5. The van der Waals surface area contributed by atoms with Gasteiger partial charge in [0.1, 0.15) is 0 Å². The standard InChI is InChI=1S/C23H25N/c1-3-18-14-17(16-24)15-23(22(18)4-2)21-12-10-20(11-13-21)19-8-6-5-7-9-19/h5-15H,3-4,16,24H2,1-2H3. The van der Waals surface area contributed by atoms with E-state index in [-0.39, 0.29) is 0 Å². The molecule has 0 saturated carbocycles. The third-order valence-corrected chi connectivity index (χ3v) is 4.68. The summed E-state index contributed by atoms with van der Waals surface area (Å²) < 4.78 is 0. The average Bonchev–Trinajstić information content (AvgIpc) is 2.67. The van der Waals surface area contributed by atoms with Gasteiger partial charge in [0.25, 0.3) is 0 Å². The van der Waals surface area contributed by atoms with Crippen LogP contribution in [0.25, 0.3) is 22.3 Å². The normalized spacial score (nSPS) is 10.8. The number of rotatable bonds is 5.